The van der Waals surface area contributed by atoms with Crippen LogP contribution in [0.3, 0.4) is 0 Å². The van der Waals surface area contributed by atoms with Crippen LogP contribution in [-0.4, -0.2) is 46.0 Å². The quantitative estimate of drug-likeness (QED) is 0.620. The first-order valence-corrected chi connectivity index (χ1v) is 9.17. The minimum atomic E-state index is -0.540. The maximum absolute atomic E-state index is 12.1. The molecule has 2 aromatic heterocycles. The molecule has 0 N–H and O–H groups in total. The third-order valence-corrected chi connectivity index (χ3v) is 5.28. The van der Waals surface area contributed by atoms with Gasteiger partial charge in [-0.25, -0.2) is 0 Å². The van der Waals surface area contributed by atoms with Gasteiger partial charge in [-0.15, -0.1) is 15.3 Å². The lowest BCUT2D eigenvalue weighted by atomic mass is 9.90. The van der Waals surface area contributed by atoms with Gasteiger partial charge in [-0.2, -0.15) is 4.52 Å². The van der Waals surface area contributed by atoms with E-state index in [0.717, 1.165) is 11.4 Å². The summed E-state index contributed by atoms with van der Waals surface area (Å²) < 4.78 is 6.60. The van der Waals surface area contributed by atoms with E-state index < -0.39 is 5.41 Å². The number of carbonyl (C=O) groups is 1. The zero-order valence-corrected chi connectivity index (χ0v) is 16.3. The highest BCUT2D eigenvalue weighted by atomic mass is 35.5. The highest BCUT2D eigenvalue weighted by Crippen LogP contribution is 2.34. The molecule has 0 spiro atoms. The van der Waals surface area contributed by atoms with Crippen LogP contribution < -0.4 is 4.90 Å². The molecule has 27 heavy (non-hydrogen) atoms. The van der Waals surface area contributed by atoms with Crippen molar-refractivity contribution in [3.05, 3.63) is 40.4 Å². The molecular formula is C18H17Cl2N5O2. The molecule has 1 aromatic carbocycles. The lowest BCUT2D eigenvalue weighted by Crippen LogP contribution is -2.33. The average Bonchev–Trinajstić information content (AvgIpc) is 3.24. The van der Waals surface area contributed by atoms with Gasteiger partial charge in [-0.1, -0.05) is 23.2 Å². The second-order valence-corrected chi connectivity index (χ2v) is 7.74. The minimum absolute atomic E-state index is 0.204. The van der Waals surface area contributed by atoms with Crippen LogP contribution in [-0.2, 0) is 9.53 Å². The number of hydrogen-bond acceptors (Lipinski definition) is 6. The molecule has 3 heterocycles. The molecule has 1 fully saturated rings. The molecular weight excluding hydrogens is 389 g/mol. The number of rotatable bonds is 3. The van der Waals surface area contributed by atoms with E-state index in [1.807, 2.05) is 19.1 Å². The fourth-order valence-corrected chi connectivity index (χ4v) is 3.91. The van der Waals surface area contributed by atoms with Crippen molar-refractivity contribution in [1.29, 1.82) is 0 Å². The molecule has 3 aromatic rings. The maximum atomic E-state index is 12.1. The van der Waals surface area contributed by atoms with Crippen molar-refractivity contribution in [3.8, 4) is 11.4 Å². The number of halogens is 2. The first-order chi connectivity index (χ1) is 12.9. The molecule has 9 heteroatoms. The summed E-state index contributed by atoms with van der Waals surface area (Å²) in [5.74, 6) is 1.08. The Morgan fingerprint density at radius 2 is 1.93 bits per heavy atom. The number of aromatic nitrogens is 4. The molecule has 7 nitrogen and oxygen atoms in total. The Labute approximate surface area is 165 Å². The first kappa shape index (κ1) is 18.0. The highest BCUT2D eigenvalue weighted by Gasteiger charge is 2.42. The topological polar surface area (TPSA) is 72.6 Å². The van der Waals surface area contributed by atoms with E-state index in [-0.39, 0.29) is 5.97 Å². The molecule has 0 bridgehead atoms. The van der Waals surface area contributed by atoms with Gasteiger partial charge >= 0.3 is 5.97 Å². The van der Waals surface area contributed by atoms with Crippen LogP contribution in [0.4, 0.5) is 5.82 Å². The van der Waals surface area contributed by atoms with E-state index in [2.05, 4.69) is 20.2 Å². The summed E-state index contributed by atoms with van der Waals surface area (Å²) in [6.45, 7) is 3.17. The van der Waals surface area contributed by atoms with Gasteiger partial charge in [0, 0.05) is 28.7 Å². The monoisotopic (exact) mass is 405 g/mol. The van der Waals surface area contributed by atoms with Gasteiger partial charge in [-0.05, 0) is 43.7 Å². The molecule has 1 aliphatic rings. The predicted octanol–water partition coefficient (Wildman–Crippen LogP) is 3.49. The highest BCUT2D eigenvalue weighted by molar-refractivity contribution is 6.35. The molecule has 4 rings (SSSR count). The van der Waals surface area contributed by atoms with Crippen LogP contribution in [0.5, 0.6) is 0 Å². The fourth-order valence-electron chi connectivity index (χ4n) is 3.38. The lowest BCUT2D eigenvalue weighted by Gasteiger charge is -2.22. The van der Waals surface area contributed by atoms with Crippen molar-refractivity contribution < 1.29 is 9.53 Å². The second-order valence-electron chi connectivity index (χ2n) is 6.87. The van der Waals surface area contributed by atoms with Crippen LogP contribution in [0.25, 0.3) is 17.0 Å². The average molecular weight is 406 g/mol. The Kier molecular flexibility index (Phi) is 4.44. The van der Waals surface area contributed by atoms with E-state index in [0.29, 0.717) is 41.0 Å². The third kappa shape index (κ3) is 3.21. The normalized spacial score (nSPS) is 19.6. The zero-order valence-electron chi connectivity index (χ0n) is 14.8. The number of anilines is 1. The fraction of sp³-hybridized carbons (Fsp3) is 0.333. The van der Waals surface area contributed by atoms with Crippen LogP contribution in [0.15, 0.2) is 30.3 Å². The lowest BCUT2D eigenvalue weighted by molar-refractivity contribution is -0.150. The van der Waals surface area contributed by atoms with Crippen molar-refractivity contribution in [2.75, 3.05) is 25.1 Å². The summed E-state index contributed by atoms with van der Waals surface area (Å²) in [5.41, 5.74) is 0.798. The minimum Gasteiger partial charge on any atom is -0.469 e. The number of fused-ring (bicyclic) bond motifs is 1. The predicted molar refractivity (Wildman–Crippen MR) is 103 cm³/mol. The number of hydrogen-bond donors (Lipinski definition) is 0. The van der Waals surface area contributed by atoms with E-state index >= 15 is 0 Å². The molecule has 1 saturated heterocycles. The molecule has 0 amide bonds. The van der Waals surface area contributed by atoms with E-state index in [1.54, 1.807) is 22.7 Å². The van der Waals surface area contributed by atoms with Gasteiger partial charge in [0.25, 0.3) is 0 Å². The second kappa shape index (κ2) is 6.65. The molecule has 1 aliphatic heterocycles. The Bertz CT molecular complexity index is 1020. The van der Waals surface area contributed by atoms with Crippen molar-refractivity contribution in [2.45, 2.75) is 13.3 Å². The Hall–Kier alpha value is -2.38. The van der Waals surface area contributed by atoms with Crippen LogP contribution >= 0.6 is 23.2 Å². The molecule has 1 unspecified atom stereocenters. The van der Waals surface area contributed by atoms with Gasteiger partial charge < -0.3 is 9.64 Å². The summed E-state index contributed by atoms with van der Waals surface area (Å²) in [4.78, 5) is 14.1. The summed E-state index contributed by atoms with van der Waals surface area (Å²) in [6.07, 6.45) is 0.707. The third-order valence-electron chi connectivity index (χ3n) is 4.85. The van der Waals surface area contributed by atoms with Crippen molar-refractivity contribution in [1.82, 2.24) is 19.8 Å². The molecule has 140 valence electrons. The number of esters is 1. The van der Waals surface area contributed by atoms with E-state index in [9.17, 15) is 4.79 Å². The van der Waals surface area contributed by atoms with Gasteiger partial charge in [0.2, 0.25) is 0 Å². The van der Waals surface area contributed by atoms with E-state index in [4.69, 9.17) is 27.9 Å². The van der Waals surface area contributed by atoms with Gasteiger partial charge in [-0.3, -0.25) is 4.79 Å². The van der Waals surface area contributed by atoms with Gasteiger partial charge in [0.1, 0.15) is 5.82 Å². The molecule has 1 atom stereocenters. The van der Waals surface area contributed by atoms with Crippen LogP contribution in [0, 0.1) is 5.41 Å². The Balaban J connectivity index is 1.72. The molecule has 0 radical (unpaired) electrons. The summed E-state index contributed by atoms with van der Waals surface area (Å²) in [7, 11) is 1.42. The Morgan fingerprint density at radius 1 is 1.19 bits per heavy atom. The summed E-state index contributed by atoms with van der Waals surface area (Å²) >= 11 is 12.2. The van der Waals surface area contributed by atoms with E-state index in [1.165, 1.54) is 7.11 Å². The number of carbonyl (C=O) groups excluding carboxylic acids is 1. The molecule has 0 aliphatic carbocycles. The summed E-state index contributed by atoms with van der Waals surface area (Å²) in [5, 5.41) is 14.1. The van der Waals surface area contributed by atoms with Crippen molar-refractivity contribution in [2.24, 2.45) is 5.41 Å². The zero-order chi connectivity index (χ0) is 19.2. The maximum Gasteiger partial charge on any atom is 0.313 e. The van der Waals surface area contributed by atoms with Gasteiger partial charge in [0.15, 0.2) is 11.5 Å². The Morgan fingerprint density at radius 3 is 2.63 bits per heavy atom. The van der Waals surface area contributed by atoms with Crippen molar-refractivity contribution >= 4 is 40.6 Å². The largest absolute Gasteiger partial charge is 0.469 e. The van der Waals surface area contributed by atoms with Gasteiger partial charge in [0.05, 0.1) is 12.5 Å². The number of nitrogens with zero attached hydrogens (tertiary/aromatic N) is 5. The number of ether oxygens (including phenoxy) is 1. The van der Waals surface area contributed by atoms with Crippen LogP contribution in [0.2, 0.25) is 10.0 Å². The number of benzene rings is 1. The van der Waals surface area contributed by atoms with Crippen molar-refractivity contribution in [3.63, 3.8) is 0 Å². The SMILES string of the molecule is COC(=O)C1(C)CCN(c2ccc3nnc(-c4cc(Cl)cc(Cl)c4)n3n2)C1. The molecule has 0 saturated carbocycles. The number of methoxy groups -OCH3 is 1. The smallest absolute Gasteiger partial charge is 0.313 e. The first-order valence-electron chi connectivity index (χ1n) is 8.42. The summed E-state index contributed by atoms with van der Waals surface area (Å²) in [6, 6.07) is 8.91. The standard InChI is InChI=1S/C18H17Cl2N5O2/c1-18(17(26)27-2)5-6-24(10-18)15-4-3-14-21-22-16(25(14)23-15)11-7-12(19)9-13(20)8-11/h3-4,7-9H,5-6,10H2,1-2H3. The van der Waals surface area contributed by atoms with Crippen LogP contribution in [0.1, 0.15) is 13.3 Å².